The maximum Gasteiger partial charge on any atom is 0.261 e. The minimum absolute atomic E-state index is 0.0648. The monoisotopic (exact) mass is 480 g/mol. The van der Waals surface area contributed by atoms with E-state index in [-0.39, 0.29) is 30.6 Å². The van der Waals surface area contributed by atoms with E-state index >= 15 is 0 Å². The molecule has 9 nitrogen and oxygen atoms in total. The second kappa shape index (κ2) is 8.76. The van der Waals surface area contributed by atoms with Crippen molar-refractivity contribution in [2.75, 3.05) is 18.0 Å². The van der Waals surface area contributed by atoms with Crippen LogP contribution >= 0.6 is 0 Å². The van der Waals surface area contributed by atoms with Gasteiger partial charge in [-0.25, -0.2) is 9.97 Å². The van der Waals surface area contributed by atoms with E-state index in [0.29, 0.717) is 39.2 Å². The molecule has 0 radical (unpaired) electrons. The molecular weight excluding hydrogens is 456 g/mol. The highest BCUT2D eigenvalue weighted by Gasteiger charge is 2.35. The molecule has 1 fully saturated rings. The van der Waals surface area contributed by atoms with Gasteiger partial charge in [0.05, 0.1) is 59.2 Å². The van der Waals surface area contributed by atoms with Crippen molar-refractivity contribution in [2.45, 2.75) is 32.6 Å². The molecule has 3 aromatic heterocycles. The number of ether oxygens (including phenoxy) is 1. The maximum atomic E-state index is 12.7. The van der Waals surface area contributed by atoms with Gasteiger partial charge in [0.2, 0.25) is 0 Å². The Bertz CT molecular complexity index is 1460. The van der Waals surface area contributed by atoms with Crippen molar-refractivity contribution < 1.29 is 14.3 Å². The van der Waals surface area contributed by atoms with Crippen LogP contribution < -0.4 is 4.90 Å². The lowest BCUT2D eigenvalue weighted by molar-refractivity contribution is -0.00545. The molecule has 0 bridgehead atoms. The zero-order valence-electron chi connectivity index (χ0n) is 20.0. The molecule has 2 aliphatic heterocycles. The number of pyridine rings is 2. The zero-order chi connectivity index (χ0) is 24.8. The number of carbonyl (C=O) groups is 2. The summed E-state index contributed by atoms with van der Waals surface area (Å²) in [4.78, 5) is 47.5. The fourth-order valence-corrected chi connectivity index (χ4v) is 4.82. The molecule has 6 rings (SSSR count). The number of rotatable bonds is 4. The van der Waals surface area contributed by atoms with Gasteiger partial charge in [-0.1, -0.05) is 18.2 Å². The van der Waals surface area contributed by atoms with Gasteiger partial charge in [0, 0.05) is 13.1 Å². The number of fused-ring (bicyclic) bond motifs is 2. The molecule has 5 heterocycles. The van der Waals surface area contributed by atoms with Crippen LogP contribution in [0.4, 0.5) is 5.82 Å². The third-order valence-corrected chi connectivity index (χ3v) is 6.42. The molecule has 1 aromatic carbocycles. The number of amides is 2. The van der Waals surface area contributed by atoms with Crippen LogP contribution in [-0.4, -0.2) is 61.9 Å². The van der Waals surface area contributed by atoms with Gasteiger partial charge in [0.25, 0.3) is 11.8 Å². The lowest BCUT2D eigenvalue weighted by Crippen LogP contribution is -2.45. The highest BCUT2D eigenvalue weighted by molar-refractivity contribution is 6.21. The SMILES string of the molecule is C[C@@H]1CN(c2cccc(-c3cnc4cnc(CN5C(=O)c6ccccc6C5=O)cc4n3)n2)C[C@H](C)O1. The molecule has 0 spiro atoms. The molecule has 0 aliphatic carbocycles. The summed E-state index contributed by atoms with van der Waals surface area (Å²) in [5.41, 5.74) is 3.98. The Labute approximate surface area is 207 Å². The summed E-state index contributed by atoms with van der Waals surface area (Å²) in [6, 6.07) is 14.5. The van der Waals surface area contributed by atoms with E-state index in [1.54, 1.807) is 42.7 Å². The number of aromatic nitrogens is 4. The van der Waals surface area contributed by atoms with Crippen molar-refractivity contribution in [1.82, 2.24) is 24.8 Å². The number of hydrogen-bond acceptors (Lipinski definition) is 8. The van der Waals surface area contributed by atoms with E-state index in [1.807, 2.05) is 18.2 Å². The molecule has 0 N–H and O–H groups in total. The first-order valence-corrected chi connectivity index (χ1v) is 11.9. The largest absolute Gasteiger partial charge is 0.372 e. The highest BCUT2D eigenvalue weighted by atomic mass is 16.5. The van der Waals surface area contributed by atoms with Crippen LogP contribution in [0.15, 0.2) is 60.9 Å². The van der Waals surface area contributed by atoms with Gasteiger partial charge in [-0.15, -0.1) is 0 Å². The van der Waals surface area contributed by atoms with E-state index < -0.39 is 0 Å². The summed E-state index contributed by atoms with van der Waals surface area (Å²) >= 11 is 0. The van der Waals surface area contributed by atoms with Crippen LogP contribution in [-0.2, 0) is 11.3 Å². The van der Waals surface area contributed by atoms with Crippen molar-refractivity contribution in [3.05, 3.63) is 77.7 Å². The van der Waals surface area contributed by atoms with Gasteiger partial charge < -0.3 is 9.64 Å². The van der Waals surface area contributed by atoms with E-state index in [0.717, 1.165) is 18.9 Å². The maximum absolute atomic E-state index is 12.7. The molecular formula is C27H24N6O3. The minimum Gasteiger partial charge on any atom is -0.372 e. The normalized spacial score (nSPS) is 19.7. The predicted octanol–water partition coefficient (Wildman–Crippen LogP) is 3.50. The third-order valence-electron chi connectivity index (χ3n) is 6.42. The summed E-state index contributed by atoms with van der Waals surface area (Å²) in [6.07, 6.45) is 3.56. The van der Waals surface area contributed by atoms with Gasteiger partial charge >= 0.3 is 0 Å². The first-order valence-electron chi connectivity index (χ1n) is 11.9. The van der Waals surface area contributed by atoms with Crippen LogP contribution in [0, 0.1) is 0 Å². The predicted molar refractivity (Wildman–Crippen MR) is 133 cm³/mol. The average Bonchev–Trinajstić information content (AvgIpc) is 3.13. The molecule has 9 heteroatoms. The van der Waals surface area contributed by atoms with Crippen molar-refractivity contribution in [3.8, 4) is 11.4 Å². The van der Waals surface area contributed by atoms with Gasteiger partial charge in [-0.05, 0) is 44.2 Å². The van der Waals surface area contributed by atoms with E-state index in [1.165, 1.54) is 4.90 Å². The Kier molecular flexibility index (Phi) is 5.41. The third kappa shape index (κ3) is 3.97. The quantitative estimate of drug-likeness (QED) is 0.409. The van der Waals surface area contributed by atoms with Gasteiger partial charge in [0.15, 0.2) is 0 Å². The molecule has 1 saturated heterocycles. The lowest BCUT2D eigenvalue weighted by atomic mass is 10.1. The first kappa shape index (κ1) is 22.2. The van der Waals surface area contributed by atoms with Crippen LogP contribution in [0.3, 0.4) is 0 Å². The van der Waals surface area contributed by atoms with E-state index in [4.69, 9.17) is 14.7 Å². The molecule has 36 heavy (non-hydrogen) atoms. The van der Waals surface area contributed by atoms with E-state index in [2.05, 4.69) is 28.7 Å². The highest BCUT2D eigenvalue weighted by Crippen LogP contribution is 2.26. The van der Waals surface area contributed by atoms with Gasteiger partial charge in [-0.3, -0.25) is 24.5 Å². The number of nitrogens with zero attached hydrogens (tertiary/aromatic N) is 6. The Balaban J connectivity index is 1.28. The van der Waals surface area contributed by atoms with Crippen LogP contribution in [0.2, 0.25) is 0 Å². The molecule has 180 valence electrons. The fraction of sp³-hybridized carbons (Fsp3) is 0.259. The summed E-state index contributed by atoms with van der Waals surface area (Å²) in [5, 5.41) is 0. The summed E-state index contributed by atoms with van der Waals surface area (Å²) in [6.45, 7) is 5.74. The van der Waals surface area contributed by atoms with Gasteiger partial charge in [0.1, 0.15) is 17.0 Å². The number of benzene rings is 1. The number of morpholine rings is 1. The average molecular weight is 481 g/mol. The van der Waals surface area contributed by atoms with Crippen molar-refractivity contribution in [2.24, 2.45) is 0 Å². The fourth-order valence-electron chi connectivity index (χ4n) is 4.82. The molecule has 2 aliphatic rings. The molecule has 0 unspecified atom stereocenters. The van der Waals surface area contributed by atoms with Crippen LogP contribution in [0.25, 0.3) is 22.4 Å². The molecule has 4 aromatic rings. The summed E-state index contributed by atoms with van der Waals surface area (Å²) in [7, 11) is 0. The minimum atomic E-state index is -0.315. The van der Waals surface area contributed by atoms with Gasteiger partial charge in [-0.2, -0.15) is 0 Å². The number of anilines is 1. The topological polar surface area (TPSA) is 101 Å². The summed E-state index contributed by atoms with van der Waals surface area (Å²) in [5.74, 6) is 0.243. The number of imide groups is 1. The Hall–Kier alpha value is -4.24. The second-order valence-electron chi connectivity index (χ2n) is 9.20. The Morgan fingerprint density at radius 3 is 2.28 bits per heavy atom. The standard InChI is InChI=1S/C27H24N6O3/c1-16-13-32(14-17(2)36-16)25-9-5-8-21(31-25)24-12-29-23-11-28-18(10-22(23)30-24)15-33-26(34)19-6-3-4-7-20(19)27(33)35/h3-12,16-17H,13-15H2,1-2H3/t16-,17+. The molecule has 0 saturated carbocycles. The number of hydrogen-bond donors (Lipinski definition) is 0. The molecule has 2 atom stereocenters. The lowest BCUT2D eigenvalue weighted by Gasteiger charge is -2.36. The van der Waals surface area contributed by atoms with Crippen molar-refractivity contribution >= 4 is 28.7 Å². The summed E-state index contributed by atoms with van der Waals surface area (Å²) < 4.78 is 5.85. The smallest absolute Gasteiger partial charge is 0.261 e. The second-order valence-corrected chi connectivity index (χ2v) is 9.20. The molecule has 2 amide bonds. The first-order chi connectivity index (χ1) is 17.5. The Morgan fingerprint density at radius 2 is 1.56 bits per heavy atom. The van der Waals surface area contributed by atoms with Crippen molar-refractivity contribution in [3.63, 3.8) is 0 Å². The van der Waals surface area contributed by atoms with Crippen LogP contribution in [0.1, 0.15) is 40.3 Å². The van der Waals surface area contributed by atoms with Crippen LogP contribution in [0.5, 0.6) is 0 Å². The van der Waals surface area contributed by atoms with E-state index in [9.17, 15) is 9.59 Å². The zero-order valence-corrected chi connectivity index (χ0v) is 20.0. The Morgan fingerprint density at radius 1 is 0.833 bits per heavy atom. The van der Waals surface area contributed by atoms with Crippen molar-refractivity contribution in [1.29, 1.82) is 0 Å². The number of carbonyl (C=O) groups excluding carboxylic acids is 2.